The molecule has 14 heavy (non-hydrogen) atoms. The van der Waals surface area contributed by atoms with Gasteiger partial charge in [-0.1, -0.05) is 0 Å². The van der Waals surface area contributed by atoms with Crippen molar-refractivity contribution in [2.24, 2.45) is 0 Å². The van der Waals surface area contributed by atoms with Gasteiger partial charge in [-0.25, -0.2) is 0 Å². The molecule has 0 saturated carbocycles. The lowest BCUT2D eigenvalue weighted by Crippen LogP contribution is -2.02. The van der Waals surface area contributed by atoms with E-state index in [4.69, 9.17) is 5.73 Å². The number of hydrogen-bond acceptors (Lipinski definition) is 5. The minimum Gasteiger partial charge on any atom is -0.502 e. The number of anilines is 1. The third-order valence-electron chi connectivity index (χ3n) is 1.67. The number of benzene rings is 1. The lowest BCUT2D eigenvalue weighted by atomic mass is 10.1. The summed E-state index contributed by atoms with van der Waals surface area (Å²) in [6, 6.07) is 2.20. The van der Waals surface area contributed by atoms with E-state index < -0.39 is 22.1 Å². The normalized spacial score (nSPS) is 9.79. The van der Waals surface area contributed by atoms with Crippen molar-refractivity contribution in [2.75, 3.05) is 5.73 Å². The molecule has 0 aliphatic rings. The number of hydrogen-bond donors (Lipinski definition) is 2. The monoisotopic (exact) mass is 196 g/mol. The van der Waals surface area contributed by atoms with Gasteiger partial charge < -0.3 is 10.8 Å². The Kier molecular flexibility index (Phi) is 2.37. The quantitative estimate of drug-likeness (QED) is 0.318. The van der Waals surface area contributed by atoms with Crippen molar-refractivity contribution in [3.05, 3.63) is 27.8 Å². The van der Waals surface area contributed by atoms with Gasteiger partial charge in [0.25, 0.3) is 0 Å². The van der Waals surface area contributed by atoms with Crippen LogP contribution in [-0.2, 0) is 0 Å². The second-order valence-electron chi connectivity index (χ2n) is 2.75. The summed E-state index contributed by atoms with van der Waals surface area (Å²) in [6.07, 6.45) is 0. The number of Topliss-reactive ketones (excluding diaryl/α,β-unsaturated/α-hetero) is 1. The van der Waals surface area contributed by atoms with Crippen LogP contribution in [0, 0.1) is 10.1 Å². The van der Waals surface area contributed by atoms with Crippen molar-refractivity contribution >= 4 is 17.2 Å². The Balaban J connectivity index is 3.52. The van der Waals surface area contributed by atoms with E-state index >= 15 is 0 Å². The first-order chi connectivity index (χ1) is 6.43. The van der Waals surface area contributed by atoms with Crippen molar-refractivity contribution in [2.45, 2.75) is 6.92 Å². The maximum absolute atomic E-state index is 11.0. The molecule has 1 aromatic rings. The van der Waals surface area contributed by atoms with Crippen molar-refractivity contribution in [3.8, 4) is 5.75 Å². The Morgan fingerprint density at radius 1 is 1.57 bits per heavy atom. The fourth-order valence-electron chi connectivity index (χ4n) is 1.10. The standard InChI is InChI=1S/C8H8N2O4/c1-4(11)6-2-5(9)3-7(12)8(6)10(13)14/h2-3,12H,9H2,1H3. The molecule has 0 heterocycles. The van der Waals surface area contributed by atoms with Gasteiger partial charge in [-0.2, -0.15) is 0 Å². The second kappa shape index (κ2) is 3.33. The number of phenolic OH excluding ortho intramolecular Hbond substituents is 1. The molecule has 0 spiro atoms. The SMILES string of the molecule is CC(=O)c1cc(N)cc(O)c1[N+](=O)[O-]. The summed E-state index contributed by atoms with van der Waals surface area (Å²) in [6.45, 7) is 1.17. The smallest absolute Gasteiger partial charge is 0.321 e. The summed E-state index contributed by atoms with van der Waals surface area (Å²) < 4.78 is 0. The van der Waals surface area contributed by atoms with Crippen molar-refractivity contribution in [1.29, 1.82) is 0 Å². The van der Waals surface area contributed by atoms with Gasteiger partial charge >= 0.3 is 5.69 Å². The molecule has 0 bridgehead atoms. The van der Waals surface area contributed by atoms with Crippen molar-refractivity contribution in [3.63, 3.8) is 0 Å². The molecule has 0 amide bonds. The zero-order chi connectivity index (χ0) is 10.9. The average molecular weight is 196 g/mol. The molecule has 0 saturated heterocycles. The summed E-state index contributed by atoms with van der Waals surface area (Å²) >= 11 is 0. The first-order valence-electron chi connectivity index (χ1n) is 3.71. The summed E-state index contributed by atoms with van der Waals surface area (Å²) in [7, 11) is 0. The summed E-state index contributed by atoms with van der Waals surface area (Å²) in [5.41, 5.74) is 4.65. The molecule has 0 radical (unpaired) electrons. The van der Waals surface area contributed by atoms with Crippen molar-refractivity contribution in [1.82, 2.24) is 0 Å². The van der Waals surface area contributed by atoms with Crippen LogP contribution in [0.4, 0.5) is 11.4 Å². The second-order valence-corrected chi connectivity index (χ2v) is 2.75. The summed E-state index contributed by atoms with van der Waals surface area (Å²) in [5, 5.41) is 19.7. The predicted molar refractivity (Wildman–Crippen MR) is 49.2 cm³/mol. The van der Waals surface area contributed by atoms with Crippen LogP contribution < -0.4 is 5.73 Å². The highest BCUT2D eigenvalue weighted by atomic mass is 16.6. The third-order valence-corrected chi connectivity index (χ3v) is 1.67. The molecule has 1 rings (SSSR count). The van der Waals surface area contributed by atoms with Crippen molar-refractivity contribution < 1.29 is 14.8 Å². The molecule has 1 aromatic carbocycles. The highest BCUT2D eigenvalue weighted by Crippen LogP contribution is 2.32. The number of carbonyl (C=O) groups is 1. The number of rotatable bonds is 2. The van der Waals surface area contributed by atoms with E-state index in [9.17, 15) is 20.0 Å². The lowest BCUT2D eigenvalue weighted by Gasteiger charge is -2.02. The van der Waals surface area contributed by atoms with Crippen LogP contribution >= 0.6 is 0 Å². The van der Waals surface area contributed by atoms with Gasteiger partial charge in [0.2, 0.25) is 0 Å². The largest absolute Gasteiger partial charge is 0.502 e. The number of carbonyl (C=O) groups excluding carboxylic acids is 1. The number of nitrogens with zero attached hydrogens (tertiary/aromatic N) is 1. The number of aromatic hydroxyl groups is 1. The van der Waals surface area contributed by atoms with Crippen LogP contribution in [-0.4, -0.2) is 15.8 Å². The molecule has 6 heteroatoms. The van der Waals surface area contributed by atoms with E-state index in [-0.39, 0.29) is 11.3 Å². The van der Waals surface area contributed by atoms with E-state index in [1.165, 1.54) is 13.0 Å². The van der Waals surface area contributed by atoms with E-state index in [2.05, 4.69) is 0 Å². The number of ketones is 1. The summed E-state index contributed by atoms with van der Waals surface area (Å²) in [5.74, 6) is -1.11. The fourth-order valence-corrected chi connectivity index (χ4v) is 1.10. The Morgan fingerprint density at radius 3 is 2.57 bits per heavy atom. The van der Waals surface area contributed by atoms with E-state index in [1.54, 1.807) is 0 Å². The minimum absolute atomic E-state index is 0.110. The average Bonchev–Trinajstić information content (AvgIpc) is 2.01. The number of nitrogens with two attached hydrogens (primary N) is 1. The van der Waals surface area contributed by atoms with Gasteiger partial charge in [0, 0.05) is 11.8 Å². The predicted octanol–water partition coefficient (Wildman–Crippen LogP) is 1.09. The molecule has 3 N–H and O–H groups in total. The lowest BCUT2D eigenvalue weighted by molar-refractivity contribution is -0.386. The Labute approximate surface area is 79.1 Å². The number of nitro groups is 1. The van der Waals surface area contributed by atoms with Crippen LogP contribution in [0.2, 0.25) is 0 Å². The fraction of sp³-hybridized carbons (Fsp3) is 0.125. The van der Waals surface area contributed by atoms with Gasteiger partial charge in [0.15, 0.2) is 11.5 Å². The highest BCUT2D eigenvalue weighted by molar-refractivity contribution is 6.00. The highest BCUT2D eigenvalue weighted by Gasteiger charge is 2.23. The molecule has 0 unspecified atom stereocenters. The zero-order valence-corrected chi connectivity index (χ0v) is 7.35. The van der Waals surface area contributed by atoms with Crippen LogP contribution in [0.1, 0.15) is 17.3 Å². The number of phenols is 1. The number of nitrogen functional groups attached to an aromatic ring is 1. The number of nitro benzene ring substituents is 1. The van der Waals surface area contributed by atoms with Gasteiger partial charge in [-0.05, 0) is 13.0 Å². The Bertz CT molecular complexity index is 414. The maximum atomic E-state index is 11.0. The van der Waals surface area contributed by atoms with Gasteiger partial charge in [-0.15, -0.1) is 0 Å². The van der Waals surface area contributed by atoms with Crippen LogP contribution in [0.5, 0.6) is 5.75 Å². The van der Waals surface area contributed by atoms with E-state index in [1.807, 2.05) is 0 Å². The van der Waals surface area contributed by atoms with Crippen LogP contribution in [0.25, 0.3) is 0 Å². The first kappa shape index (κ1) is 9.97. The molecule has 6 nitrogen and oxygen atoms in total. The summed E-state index contributed by atoms with van der Waals surface area (Å²) in [4.78, 5) is 20.7. The zero-order valence-electron chi connectivity index (χ0n) is 7.35. The van der Waals surface area contributed by atoms with Crippen LogP contribution in [0.15, 0.2) is 12.1 Å². The van der Waals surface area contributed by atoms with Gasteiger partial charge in [0.05, 0.1) is 4.92 Å². The first-order valence-corrected chi connectivity index (χ1v) is 3.71. The molecule has 0 atom stereocenters. The topological polar surface area (TPSA) is 106 Å². The van der Waals surface area contributed by atoms with Crippen LogP contribution in [0.3, 0.4) is 0 Å². The maximum Gasteiger partial charge on any atom is 0.321 e. The van der Waals surface area contributed by atoms with E-state index in [0.717, 1.165) is 6.07 Å². The molecule has 0 aliphatic carbocycles. The molecule has 0 fully saturated rings. The molecule has 0 aromatic heterocycles. The molecule has 74 valence electrons. The van der Waals surface area contributed by atoms with E-state index in [0.29, 0.717) is 0 Å². The Morgan fingerprint density at radius 2 is 2.14 bits per heavy atom. The molecular weight excluding hydrogens is 188 g/mol. The minimum atomic E-state index is -0.814. The molecular formula is C8H8N2O4. The molecule has 0 aliphatic heterocycles. The Hall–Kier alpha value is -2.11. The third kappa shape index (κ3) is 1.63. The van der Waals surface area contributed by atoms with Gasteiger partial charge in [0.1, 0.15) is 5.56 Å². The van der Waals surface area contributed by atoms with Gasteiger partial charge in [-0.3, -0.25) is 14.9 Å².